The van der Waals surface area contributed by atoms with Crippen molar-refractivity contribution in [1.29, 1.82) is 5.41 Å². The molecular formula is C5H4BrN5. The van der Waals surface area contributed by atoms with Gasteiger partial charge in [0.05, 0.1) is 0 Å². The Hall–Kier alpha value is -1.04. The van der Waals surface area contributed by atoms with Crippen molar-refractivity contribution in [2.24, 2.45) is 15.2 Å². The summed E-state index contributed by atoms with van der Waals surface area (Å²) in [5, 5.41) is 17.5. The van der Waals surface area contributed by atoms with Crippen LogP contribution < -0.4 is 5.32 Å². The van der Waals surface area contributed by atoms with Crippen molar-refractivity contribution in [3.8, 4) is 0 Å². The molecule has 0 unspecified atom stereocenters. The van der Waals surface area contributed by atoms with E-state index in [0.29, 0.717) is 10.3 Å². The SMILES string of the molecule is N=C1N=N[C@H]2NC=C(Br)N=C12. The molecule has 1 atom stereocenters. The third kappa shape index (κ3) is 0.988. The summed E-state index contributed by atoms with van der Waals surface area (Å²) >= 11 is 3.18. The van der Waals surface area contributed by atoms with Crippen LogP contribution >= 0.6 is 15.9 Å². The van der Waals surface area contributed by atoms with Crippen LogP contribution in [0.3, 0.4) is 0 Å². The minimum Gasteiger partial charge on any atom is -0.361 e. The largest absolute Gasteiger partial charge is 0.361 e. The number of nitrogens with zero attached hydrogens (tertiary/aromatic N) is 3. The van der Waals surface area contributed by atoms with E-state index in [2.05, 4.69) is 36.5 Å². The highest BCUT2D eigenvalue weighted by Gasteiger charge is 2.27. The summed E-state index contributed by atoms with van der Waals surface area (Å²) in [5.74, 6) is 0.132. The van der Waals surface area contributed by atoms with Crippen molar-refractivity contribution >= 4 is 27.5 Å². The van der Waals surface area contributed by atoms with Crippen molar-refractivity contribution in [3.05, 3.63) is 10.8 Å². The van der Waals surface area contributed by atoms with Crippen LogP contribution in [0, 0.1) is 5.41 Å². The number of hydrogen-bond acceptors (Lipinski definition) is 4. The number of hydrogen-bond donors (Lipinski definition) is 2. The minimum absolute atomic E-state index is 0.132. The predicted molar refractivity (Wildman–Crippen MR) is 44.0 cm³/mol. The normalized spacial score (nSPS) is 27.4. The first-order valence-electron chi connectivity index (χ1n) is 2.97. The third-order valence-corrected chi connectivity index (χ3v) is 1.77. The molecule has 0 aromatic carbocycles. The minimum atomic E-state index is -0.246. The van der Waals surface area contributed by atoms with E-state index in [1.54, 1.807) is 6.20 Å². The molecule has 6 heteroatoms. The lowest BCUT2D eigenvalue weighted by Crippen LogP contribution is -2.33. The molecule has 0 aliphatic carbocycles. The van der Waals surface area contributed by atoms with E-state index in [1.165, 1.54) is 0 Å². The number of azo groups is 1. The molecule has 0 aromatic heterocycles. The molecular weight excluding hydrogens is 210 g/mol. The molecule has 11 heavy (non-hydrogen) atoms. The van der Waals surface area contributed by atoms with Crippen LogP contribution in [0.1, 0.15) is 0 Å². The summed E-state index contributed by atoms with van der Waals surface area (Å²) in [4.78, 5) is 4.05. The Morgan fingerprint density at radius 2 is 2.45 bits per heavy atom. The zero-order chi connectivity index (χ0) is 7.84. The molecule has 0 spiro atoms. The maximum absolute atomic E-state index is 7.28. The smallest absolute Gasteiger partial charge is 0.192 e. The monoisotopic (exact) mass is 213 g/mol. The van der Waals surface area contributed by atoms with Crippen molar-refractivity contribution in [2.75, 3.05) is 0 Å². The highest BCUT2D eigenvalue weighted by Crippen LogP contribution is 2.16. The van der Waals surface area contributed by atoms with Gasteiger partial charge in [-0.25, -0.2) is 4.99 Å². The second-order valence-corrected chi connectivity index (χ2v) is 2.91. The van der Waals surface area contributed by atoms with Crippen LogP contribution in [-0.4, -0.2) is 17.7 Å². The summed E-state index contributed by atoms with van der Waals surface area (Å²) in [7, 11) is 0. The molecule has 0 radical (unpaired) electrons. The van der Waals surface area contributed by atoms with Crippen molar-refractivity contribution in [1.82, 2.24) is 5.32 Å². The van der Waals surface area contributed by atoms with Gasteiger partial charge in [-0.05, 0) is 15.9 Å². The van der Waals surface area contributed by atoms with E-state index in [9.17, 15) is 0 Å². The summed E-state index contributed by atoms with van der Waals surface area (Å²) in [5.41, 5.74) is 0.569. The van der Waals surface area contributed by atoms with Gasteiger partial charge < -0.3 is 5.32 Å². The Kier molecular flexibility index (Phi) is 1.35. The quantitative estimate of drug-likeness (QED) is 0.580. The molecule has 0 saturated heterocycles. The molecule has 2 rings (SSSR count). The van der Waals surface area contributed by atoms with E-state index in [-0.39, 0.29) is 12.0 Å². The highest BCUT2D eigenvalue weighted by atomic mass is 79.9. The zero-order valence-corrected chi connectivity index (χ0v) is 6.96. The van der Waals surface area contributed by atoms with E-state index in [1.807, 2.05) is 0 Å². The lowest BCUT2D eigenvalue weighted by atomic mass is 10.3. The maximum Gasteiger partial charge on any atom is 0.192 e. The van der Waals surface area contributed by atoms with E-state index >= 15 is 0 Å². The predicted octanol–water partition coefficient (Wildman–Crippen LogP) is 0.994. The van der Waals surface area contributed by atoms with Crippen molar-refractivity contribution in [3.63, 3.8) is 0 Å². The average molecular weight is 214 g/mol. The average Bonchev–Trinajstić information content (AvgIpc) is 2.33. The van der Waals surface area contributed by atoms with Crippen LogP contribution in [0.5, 0.6) is 0 Å². The number of halogens is 1. The van der Waals surface area contributed by atoms with Gasteiger partial charge in [-0.1, -0.05) is 0 Å². The highest BCUT2D eigenvalue weighted by molar-refractivity contribution is 9.11. The van der Waals surface area contributed by atoms with Gasteiger partial charge in [0.1, 0.15) is 10.3 Å². The van der Waals surface area contributed by atoms with E-state index < -0.39 is 0 Å². The second kappa shape index (κ2) is 2.23. The molecule has 0 amide bonds. The Labute approximate surface area is 70.9 Å². The van der Waals surface area contributed by atoms with Gasteiger partial charge in [0.25, 0.3) is 0 Å². The summed E-state index contributed by atoms with van der Waals surface area (Å²) in [6.45, 7) is 0. The zero-order valence-electron chi connectivity index (χ0n) is 5.37. The van der Waals surface area contributed by atoms with E-state index in [4.69, 9.17) is 5.41 Å². The third-order valence-electron chi connectivity index (χ3n) is 1.36. The fourth-order valence-electron chi connectivity index (χ4n) is 0.872. The number of nitrogens with one attached hydrogen (secondary N) is 2. The van der Waals surface area contributed by atoms with Crippen LogP contribution in [0.2, 0.25) is 0 Å². The molecule has 0 aromatic rings. The number of rotatable bonds is 0. The van der Waals surface area contributed by atoms with Crippen LogP contribution in [0.4, 0.5) is 0 Å². The molecule has 2 aliphatic heterocycles. The summed E-state index contributed by atoms with van der Waals surface area (Å²) < 4.78 is 0.667. The number of aliphatic imine (C=N–C) groups is 1. The fourth-order valence-corrected chi connectivity index (χ4v) is 1.20. The van der Waals surface area contributed by atoms with Gasteiger partial charge in [0.15, 0.2) is 12.0 Å². The van der Waals surface area contributed by atoms with Crippen molar-refractivity contribution < 1.29 is 0 Å². The molecule has 2 heterocycles. The van der Waals surface area contributed by atoms with Crippen molar-refractivity contribution in [2.45, 2.75) is 6.17 Å². The fraction of sp³-hybridized carbons (Fsp3) is 0.200. The van der Waals surface area contributed by atoms with Gasteiger partial charge in [-0.3, -0.25) is 5.41 Å². The van der Waals surface area contributed by atoms with Gasteiger partial charge in [-0.2, -0.15) is 5.11 Å². The van der Waals surface area contributed by atoms with Crippen LogP contribution in [0.25, 0.3) is 0 Å². The topological polar surface area (TPSA) is 73.0 Å². The maximum atomic E-state index is 7.28. The number of fused-ring (bicyclic) bond motifs is 1. The Bertz CT molecular complexity index is 302. The lowest BCUT2D eigenvalue weighted by molar-refractivity contribution is 0.748. The van der Waals surface area contributed by atoms with Crippen LogP contribution in [0.15, 0.2) is 26.0 Å². The molecule has 5 nitrogen and oxygen atoms in total. The van der Waals surface area contributed by atoms with Gasteiger partial charge >= 0.3 is 0 Å². The van der Waals surface area contributed by atoms with E-state index in [0.717, 1.165) is 0 Å². The van der Waals surface area contributed by atoms with Gasteiger partial charge in [0.2, 0.25) is 0 Å². The first-order chi connectivity index (χ1) is 5.27. The summed E-state index contributed by atoms with van der Waals surface area (Å²) in [6, 6.07) is 0. The number of amidine groups is 1. The standard InChI is InChI=1S/C5H4BrN5/c6-2-1-8-5-3(9-2)4(7)10-11-5/h1,5,7-8H/t5-/m1/s1. The second-order valence-electron chi connectivity index (χ2n) is 2.10. The first-order valence-corrected chi connectivity index (χ1v) is 3.77. The molecule has 0 saturated carbocycles. The molecule has 0 bridgehead atoms. The van der Waals surface area contributed by atoms with Gasteiger partial charge in [-0.15, -0.1) is 5.11 Å². The molecule has 2 aliphatic rings. The molecule has 0 fully saturated rings. The van der Waals surface area contributed by atoms with Crippen LogP contribution in [-0.2, 0) is 0 Å². The molecule has 2 N–H and O–H groups in total. The lowest BCUT2D eigenvalue weighted by Gasteiger charge is -2.11. The Morgan fingerprint density at radius 1 is 1.64 bits per heavy atom. The molecule has 56 valence electrons. The Morgan fingerprint density at radius 3 is 3.27 bits per heavy atom. The Balaban J connectivity index is 2.39. The van der Waals surface area contributed by atoms with Gasteiger partial charge in [0, 0.05) is 6.20 Å². The first kappa shape index (κ1) is 6.66. The summed E-state index contributed by atoms with van der Waals surface area (Å²) in [6.07, 6.45) is 1.44.